The molecular weight excluding hydrogens is 170 g/mol. The van der Waals surface area contributed by atoms with Gasteiger partial charge in [-0.25, -0.2) is 0 Å². The van der Waals surface area contributed by atoms with E-state index < -0.39 is 11.8 Å². The first-order valence-corrected chi connectivity index (χ1v) is 4.36. The highest BCUT2D eigenvalue weighted by Crippen LogP contribution is 2.37. The molecule has 0 spiro atoms. The average Bonchev–Trinajstić information content (AvgIpc) is 2.33. The van der Waals surface area contributed by atoms with E-state index >= 15 is 0 Å². The number of imide groups is 1. The van der Waals surface area contributed by atoms with Gasteiger partial charge in [-0.1, -0.05) is 19.1 Å². The van der Waals surface area contributed by atoms with Crippen LogP contribution in [0.25, 0.3) is 0 Å². The molecule has 1 heterocycles. The number of nitrogens with zero attached hydrogens (tertiary/aromatic N) is 1. The lowest BCUT2D eigenvalue weighted by molar-refractivity contribution is -0.173. The molecule has 1 aliphatic carbocycles. The van der Waals surface area contributed by atoms with Gasteiger partial charge in [-0.3, -0.25) is 14.8 Å². The highest BCUT2D eigenvalue weighted by molar-refractivity contribution is 6.04. The quantitative estimate of drug-likeness (QED) is 0.337. The summed E-state index contributed by atoms with van der Waals surface area (Å²) in [5.74, 6) is -1.54. The predicted octanol–water partition coefficient (Wildman–Crippen LogP) is 0.573. The Morgan fingerprint density at radius 3 is 2.77 bits per heavy atom. The number of carbonyl (C=O) groups is 2. The van der Waals surface area contributed by atoms with Crippen LogP contribution in [0.3, 0.4) is 0 Å². The fourth-order valence-corrected chi connectivity index (χ4v) is 2.13. The Morgan fingerprint density at radius 2 is 2.15 bits per heavy atom. The predicted molar refractivity (Wildman–Crippen MR) is 43.5 cm³/mol. The third kappa shape index (κ3) is 1.02. The van der Waals surface area contributed by atoms with Gasteiger partial charge in [0.2, 0.25) is 0 Å². The topological polar surface area (TPSA) is 57.6 Å². The summed E-state index contributed by atoms with van der Waals surface area (Å²) in [6.45, 7) is 1.89. The molecule has 0 saturated carbocycles. The summed E-state index contributed by atoms with van der Waals surface area (Å²) < 4.78 is 0. The number of amides is 2. The number of allylic oxidation sites excluding steroid dienone is 2. The molecule has 3 atom stereocenters. The fraction of sp³-hybridized carbons (Fsp3) is 0.556. The van der Waals surface area contributed by atoms with Crippen LogP contribution in [0.4, 0.5) is 0 Å². The van der Waals surface area contributed by atoms with Crippen LogP contribution in [0.5, 0.6) is 0 Å². The van der Waals surface area contributed by atoms with Gasteiger partial charge in [-0.05, 0) is 12.3 Å². The largest absolute Gasteiger partial charge is 0.278 e. The van der Waals surface area contributed by atoms with Crippen LogP contribution in [0.15, 0.2) is 12.2 Å². The second-order valence-corrected chi connectivity index (χ2v) is 3.64. The summed E-state index contributed by atoms with van der Waals surface area (Å²) in [7, 11) is 0. The van der Waals surface area contributed by atoms with Crippen LogP contribution >= 0.6 is 0 Å². The molecule has 2 amide bonds. The van der Waals surface area contributed by atoms with Gasteiger partial charge in [-0.15, -0.1) is 0 Å². The van der Waals surface area contributed by atoms with E-state index in [1.54, 1.807) is 0 Å². The number of fused-ring (bicyclic) bond motifs is 1. The van der Waals surface area contributed by atoms with Crippen LogP contribution in [0.2, 0.25) is 0 Å². The lowest BCUT2D eigenvalue weighted by Crippen LogP contribution is -2.28. The molecule has 0 radical (unpaired) electrons. The van der Waals surface area contributed by atoms with Crippen molar-refractivity contribution in [3.8, 4) is 0 Å². The number of rotatable bonds is 0. The van der Waals surface area contributed by atoms with E-state index in [1.165, 1.54) is 0 Å². The van der Waals surface area contributed by atoms with Crippen LogP contribution in [-0.4, -0.2) is 22.1 Å². The highest BCUT2D eigenvalue weighted by atomic mass is 16.5. The van der Waals surface area contributed by atoms with Crippen molar-refractivity contribution in [1.82, 2.24) is 5.06 Å². The highest BCUT2D eigenvalue weighted by Gasteiger charge is 2.49. The Bertz CT molecular complexity index is 297. The Balaban J connectivity index is 2.36. The van der Waals surface area contributed by atoms with Crippen molar-refractivity contribution in [2.45, 2.75) is 13.3 Å². The van der Waals surface area contributed by atoms with Gasteiger partial charge in [0, 0.05) is 0 Å². The van der Waals surface area contributed by atoms with Gasteiger partial charge in [-0.2, -0.15) is 5.06 Å². The summed E-state index contributed by atoms with van der Waals surface area (Å²) in [5, 5.41) is 9.40. The molecular formula is C9H11NO3. The van der Waals surface area contributed by atoms with Crippen LogP contribution in [0.1, 0.15) is 13.3 Å². The lowest BCUT2D eigenvalue weighted by atomic mass is 9.78. The molecule has 2 rings (SSSR count). The maximum Gasteiger partial charge on any atom is 0.257 e. The minimum absolute atomic E-state index is 0.0485. The van der Waals surface area contributed by atoms with Crippen molar-refractivity contribution in [2.24, 2.45) is 17.8 Å². The zero-order valence-electron chi connectivity index (χ0n) is 7.30. The van der Waals surface area contributed by atoms with Crippen LogP contribution < -0.4 is 0 Å². The molecule has 0 aromatic carbocycles. The van der Waals surface area contributed by atoms with Gasteiger partial charge in [0.15, 0.2) is 0 Å². The zero-order valence-corrected chi connectivity index (χ0v) is 7.30. The Hall–Kier alpha value is -1.16. The molecule has 3 unspecified atom stereocenters. The molecule has 13 heavy (non-hydrogen) atoms. The molecule has 70 valence electrons. The SMILES string of the molecule is CC1C=CCC2C(=O)N(O)C(=O)C12. The van der Waals surface area contributed by atoms with Gasteiger partial charge in [0.05, 0.1) is 11.8 Å². The Morgan fingerprint density at radius 1 is 1.46 bits per heavy atom. The number of carbonyl (C=O) groups excluding carboxylic acids is 2. The number of hydroxylamine groups is 2. The smallest absolute Gasteiger partial charge is 0.257 e. The molecule has 1 N–H and O–H groups in total. The van der Waals surface area contributed by atoms with E-state index in [9.17, 15) is 9.59 Å². The maximum absolute atomic E-state index is 11.4. The van der Waals surface area contributed by atoms with Crippen molar-refractivity contribution in [3.05, 3.63) is 12.2 Å². The molecule has 1 aliphatic heterocycles. The van der Waals surface area contributed by atoms with E-state index in [1.807, 2.05) is 19.1 Å². The van der Waals surface area contributed by atoms with Gasteiger partial charge >= 0.3 is 0 Å². The third-order valence-electron chi connectivity index (χ3n) is 2.85. The molecule has 0 aromatic heterocycles. The van der Waals surface area contributed by atoms with Crippen LogP contribution in [0, 0.1) is 17.8 Å². The summed E-state index contributed by atoms with van der Waals surface area (Å²) in [6.07, 6.45) is 4.39. The molecule has 4 nitrogen and oxygen atoms in total. The maximum atomic E-state index is 11.4. The Kier molecular flexibility index (Phi) is 1.73. The van der Waals surface area contributed by atoms with Gasteiger partial charge in [0.1, 0.15) is 0 Å². The van der Waals surface area contributed by atoms with E-state index in [4.69, 9.17) is 5.21 Å². The molecule has 1 fully saturated rings. The molecule has 1 saturated heterocycles. The monoisotopic (exact) mass is 181 g/mol. The van der Waals surface area contributed by atoms with Crippen molar-refractivity contribution in [3.63, 3.8) is 0 Å². The second-order valence-electron chi connectivity index (χ2n) is 3.64. The minimum atomic E-state index is -0.453. The number of hydrogen-bond acceptors (Lipinski definition) is 3. The van der Waals surface area contributed by atoms with Crippen molar-refractivity contribution in [2.75, 3.05) is 0 Å². The summed E-state index contributed by atoms with van der Waals surface area (Å²) in [6, 6.07) is 0. The van der Waals surface area contributed by atoms with Gasteiger partial charge in [0.25, 0.3) is 11.8 Å². The normalized spacial score (nSPS) is 38.3. The molecule has 0 aromatic rings. The van der Waals surface area contributed by atoms with Gasteiger partial charge < -0.3 is 0 Å². The lowest BCUT2D eigenvalue weighted by Gasteiger charge is -2.21. The van der Waals surface area contributed by atoms with E-state index in [0.717, 1.165) is 0 Å². The summed E-state index contributed by atoms with van der Waals surface area (Å²) in [4.78, 5) is 22.7. The number of hydrogen-bond donors (Lipinski definition) is 1. The minimum Gasteiger partial charge on any atom is -0.278 e. The average molecular weight is 181 g/mol. The third-order valence-corrected chi connectivity index (χ3v) is 2.85. The van der Waals surface area contributed by atoms with E-state index in [0.29, 0.717) is 6.42 Å². The first-order chi connectivity index (χ1) is 6.13. The standard InChI is InChI=1S/C9H11NO3/c1-5-3-2-4-6-7(5)9(12)10(13)8(6)11/h2-3,5-7,13H,4H2,1H3. The Labute approximate surface area is 75.8 Å². The molecule has 0 bridgehead atoms. The van der Waals surface area contributed by atoms with Crippen molar-refractivity contribution < 1.29 is 14.8 Å². The van der Waals surface area contributed by atoms with E-state index in [2.05, 4.69) is 0 Å². The van der Waals surface area contributed by atoms with Crippen LogP contribution in [-0.2, 0) is 9.59 Å². The zero-order chi connectivity index (χ0) is 9.59. The van der Waals surface area contributed by atoms with E-state index in [-0.39, 0.29) is 22.8 Å². The van der Waals surface area contributed by atoms with Crippen molar-refractivity contribution >= 4 is 11.8 Å². The molecule has 4 heteroatoms. The van der Waals surface area contributed by atoms with Crippen molar-refractivity contribution in [1.29, 1.82) is 0 Å². The fourth-order valence-electron chi connectivity index (χ4n) is 2.13. The summed E-state index contributed by atoms with van der Waals surface area (Å²) >= 11 is 0. The summed E-state index contributed by atoms with van der Waals surface area (Å²) in [5.41, 5.74) is 0. The first-order valence-electron chi connectivity index (χ1n) is 4.36. The molecule has 2 aliphatic rings. The first kappa shape index (κ1) is 8.44. The second kappa shape index (κ2) is 2.67.